The van der Waals surface area contributed by atoms with E-state index < -0.39 is 5.97 Å². The summed E-state index contributed by atoms with van der Waals surface area (Å²) in [5.41, 5.74) is 0.168. The molecule has 0 bridgehead atoms. The van der Waals surface area contributed by atoms with Crippen LogP contribution in [0.3, 0.4) is 0 Å². The van der Waals surface area contributed by atoms with Gasteiger partial charge >= 0.3 is 5.97 Å². The van der Waals surface area contributed by atoms with Gasteiger partial charge in [0.15, 0.2) is 17.8 Å². The summed E-state index contributed by atoms with van der Waals surface area (Å²) < 4.78 is 15.7. The number of hydrogen-bond acceptors (Lipinski definition) is 6. The molecule has 1 aliphatic rings. The molecule has 2 aromatic heterocycles. The molecule has 1 saturated heterocycles. The maximum absolute atomic E-state index is 12.0. The molecular formula is C12H11NO4S. The van der Waals surface area contributed by atoms with Gasteiger partial charge in [-0.05, 0) is 24.3 Å². The lowest BCUT2D eigenvalue weighted by Gasteiger charge is -2.09. The fourth-order valence-electron chi connectivity index (χ4n) is 1.79. The Bertz CT molecular complexity index is 528. The van der Waals surface area contributed by atoms with Crippen molar-refractivity contribution in [2.45, 2.75) is 12.5 Å². The lowest BCUT2D eigenvalue weighted by atomic mass is 10.2. The number of oxazole rings is 1. The normalized spacial score (nSPS) is 19.0. The van der Waals surface area contributed by atoms with Gasteiger partial charge < -0.3 is 13.6 Å². The molecular weight excluding hydrogens is 254 g/mol. The maximum atomic E-state index is 12.0. The van der Waals surface area contributed by atoms with E-state index in [1.165, 1.54) is 12.7 Å². The molecule has 2 aromatic rings. The molecule has 0 radical (unpaired) electrons. The first kappa shape index (κ1) is 11.4. The van der Waals surface area contributed by atoms with Crippen molar-refractivity contribution >= 4 is 17.7 Å². The van der Waals surface area contributed by atoms with Crippen LogP contribution in [0.1, 0.15) is 16.9 Å². The van der Waals surface area contributed by atoms with E-state index in [-0.39, 0.29) is 11.8 Å². The second kappa shape index (κ2) is 4.89. The summed E-state index contributed by atoms with van der Waals surface area (Å²) in [6.07, 6.45) is 3.60. The predicted octanol–water partition coefficient (Wildman–Crippen LogP) is 2.60. The predicted molar refractivity (Wildman–Crippen MR) is 65.4 cm³/mol. The first-order valence-corrected chi connectivity index (χ1v) is 6.76. The van der Waals surface area contributed by atoms with E-state index >= 15 is 0 Å². The van der Waals surface area contributed by atoms with Crippen molar-refractivity contribution in [3.05, 3.63) is 30.5 Å². The third-order valence-corrected chi connectivity index (χ3v) is 3.80. The van der Waals surface area contributed by atoms with Crippen molar-refractivity contribution in [2.75, 3.05) is 11.5 Å². The number of thioether (sulfide) groups is 1. The zero-order valence-corrected chi connectivity index (χ0v) is 10.3. The Balaban J connectivity index is 1.79. The topological polar surface area (TPSA) is 65.5 Å². The van der Waals surface area contributed by atoms with E-state index in [0.717, 1.165) is 17.9 Å². The number of nitrogens with zero attached hydrogens (tertiary/aromatic N) is 1. The third-order valence-electron chi connectivity index (χ3n) is 2.67. The summed E-state index contributed by atoms with van der Waals surface area (Å²) in [7, 11) is 0. The first-order valence-electron chi connectivity index (χ1n) is 5.60. The van der Waals surface area contributed by atoms with Crippen LogP contribution in [0.2, 0.25) is 0 Å². The van der Waals surface area contributed by atoms with Gasteiger partial charge in [0.1, 0.15) is 6.10 Å². The zero-order chi connectivity index (χ0) is 12.4. The standard InChI is InChI=1S/C12H11NO4S/c14-12(17-8-3-5-18-6-8)10-11(16-7-13-10)9-2-1-4-15-9/h1-2,4,7-8H,3,5-6H2/t8-/m0/s1. The van der Waals surface area contributed by atoms with Crippen molar-refractivity contribution in [1.82, 2.24) is 4.98 Å². The van der Waals surface area contributed by atoms with Crippen LogP contribution in [0, 0.1) is 0 Å². The molecule has 6 heteroatoms. The van der Waals surface area contributed by atoms with Gasteiger partial charge in [0.05, 0.1) is 6.26 Å². The lowest BCUT2D eigenvalue weighted by molar-refractivity contribution is 0.0351. The molecule has 0 spiro atoms. The Labute approximate surface area is 108 Å². The van der Waals surface area contributed by atoms with E-state index in [0.29, 0.717) is 11.5 Å². The number of furan rings is 1. The third kappa shape index (κ3) is 2.15. The summed E-state index contributed by atoms with van der Waals surface area (Å²) in [4.78, 5) is 15.9. The highest BCUT2D eigenvalue weighted by atomic mass is 32.2. The van der Waals surface area contributed by atoms with E-state index in [1.807, 2.05) is 0 Å². The molecule has 0 amide bonds. The molecule has 5 nitrogen and oxygen atoms in total. The van der Waals surface area contributed by atoms with E-state index in [4.69, 9.17) is 13.6 Å². The Hall–Kier alpha value is -1.69. The molecule has 0 N–H and O–H groups in total. The van der Waals surface area contributed by atoms with Crippen LogP contribution in [-0.4, -0.2) is 28.6 Å². The van der Waals surface area contributed by atoms with Gasteiger partial charge in [0.2, 0.25) is 5.76 Å². The number of aromatic nitrogens is 1. The number of esters is 1. The molecule has 3 heterocycles. The fourth-order valence-corrected chi connectivity index (χ4v) is 2.88. The Morgan fingerprint density at radius 2 is 2.44 bits per heavy atom. The highest BCUT2D eigenvalue weighted by molar-refractivity contribution is 7.99. The van der Waals surface area contributed by atoms with Crippen molar-refractivity contribution in [3.8, 4) is 11.5 Å². The Kier molecular flexibility index (Phi) is 3.10. The summed E-state index contributed by atoms with van der Waals surface area (Å²) in [6.45, 7) is 0. The lowest BCUT2D eigenvalue weighted by Crippen LogP contribution is -2.18. The van der Waals surface area contributed by atoms with Gasteiger partial charge in [-0.1, -0.05) is 0 Å². The van der Waals surface area contributed by atoms with Crippen LogP contribution in [0.5, 0.6) is 0 Å². The van der Waals surface area contributed by atoms with Crippen LogP contribution >= 0.6 is 11.8 Å². The van der Waals surface area contributed by atoms with E-state index in [9.17, 15) is 4.79 Å². The fraction of sp³-hybridized carbons (Fsp3) is 0.333. The molecule has 1 fully saturated rings. The summed E-state index contributed by atoms with van der Waals surface area (Å²) in [5.74, 6) is 2.21. The van der Waals surface area contributed by atoms with Gasteiger partial charge in [-0.2, -0.15) is 11.8 Å². The molecule has 0 unspecified atom stereocenters. The number of carbonyl (C=O) groups excluding carboxylic acids is 1. The van der Waals surface area contributed by atoms with Crippen LogP contribution < -0.4 is 0 Å². The molecule has 1 aliphatic heterocycles. The summed E-state index contributed by atoms with van der Waals surface area (Å²) in [5, 5.41) is 0. The minimum atomic E-state index is -0.456. The maximum Gasteiger partial charge on any atom is 0.361 e. The largest absolute Gasteiger partial charge is 0.461 e. The molecule has 18 heavy (non-hydrogen) atoms. The Morgan fingerprint density at radius 1 is 1.50 bits per heavy atom. The minimum absolute atomic E-state index is 0.0244. The van der Waals surface area contributed by atoms with Gasteiger partial charge in [-0.3, -0.25) is 0 Å². The van der Waals surface area contributed by atoms with E-state index in [1.54, 1.807) is 23.9 Å². The number of carbonyl (C=O) groups is 1. The van der Waals surface area contributed by atoms with Gasteiger partial charge in [-0.15, -0.1) is 0 Å². The average molecular weight is 265 g/mol. The monoisotopic (exact) mass is 265 g/mol. The van der Waals surface area contributed by atoms with Crippen molar-refractivity contribution in [3.63, 3.8) is 0 Å². The molecule has 94 valence electrons. The number of rotatable bonds is 3. The van der Waals surface area contributed by atoms with Crippen molar-refractivity contribution < 1.29 is 18.4 Å². The number of ether oxygens (including phenoxy) is 1. The van der Waals surface area contributed by atoms with E-state index in [2.05, 4.69) is 4.98 Å². The van der Waals surface area contributed by atoms with Crippen LogP contribution in [0.15, 0.2) is 33.6 Å². The highest BCUT2D eigenvalue weighted by Crippen LogP contribution is 2.26. The van der Waals surface area contributed by atoms with Crippen molar-refractivity contribution in [1.29, 1.82) is 0 Å². The van der Waals surface area contributed by atoms with Crippen LogP contribution in [0.4, 0.5) is 0 Å². The van der Waals surface area contributed by atoms with Crippen molar-refractivity contribution in [2.24, 2.45) is 0 Å². The van der Waals surface area contributed by atoms with Crippen LogP contribution in [0.25, 0.3) is 11.5 Å². The zero-order valence-electron chi connectivity index (χ0n) is 9.50. The highest BCUT2D eigenvalue weighted by Gasteiger charge is 2.26. The Morgan fingerprint density at radius 3 is 3.17 bits per heavy atom. The number of hydrogen-bond donors (Lipinski definition) is 0. The van der Waals surface area contributed by atoms with Gasteiger partial charge in [0, 0.05) is 5.75 Å². The molecule has 1 atom stereocenters. The molecule has 0 saturated carbocycles. The quantitative estimate of drug-likeness (QED) is 0.795. The second-order valence-electron chi connectivity index (χ2n) is 3.90. The molecule has 3 rings (SSSR count). The second-order valence-corrected chi connectivity index (χ2v) is 5.05. The summed E-state index contributed by atoms with van der Waals surface area (Å²) >= 11 is 1.78. The van der Waals surface area contributed by atoms with Gasteiger partial charge in [-0.25, -0.2) is 9.78 Å². The summed E-state index contributed by atoms with van der Waals surface area (Å²) in [6, 6.07) is 3.43. The average Bonchev–Trinajstić information content (AvgIpc) is 3.11. The SMILES string of the molecule is O=C(O[C@H]1CCSC1)c1ncoc1-c1ccco1. The van der Waals surface area contributed by atoms with Gasteiger partial charge in [0.25, 0.3) is 0 Å². The smallest absolute Gasteiger partial charge is 0.361 e. The molecule has 0 aliphatic carbocycles. The first-order chi connectivity index (χ1) is 8.84. The minimum Gasteiger partial charge on any atom is -0.461 e. The molecule has 0 aromatic carbocycles. The van der Waals surface area contributed by atoms with Crippen LogP contribution in [-0.2, 0) is 4.74 Å².